The molecule has 0 saturated carbocycles. The summed E-state index contributed by atoms with van der Waals surface area (Å²) in [4.78, 5) is 5.27. The summed E-state index contributed by atoms with van der Waals surface area (Å²) in [5, 5.41) is 17.8. The first-order chi connectivity index (χ1) is 38.7. The molecule has 18 rings (SSSR count). The summed E-state index contributed by atoms with van der Waals surface area (Å²) >= 11 is 0. The van der Waals surface area contributed by atoms with E-state index in [0.717, 1.165) is 17.1 Å². The summed E-state index contributed by atoms with van der Waals surface area (Å²) in [5.41, 5.74) is 19.2. The highest BCUT2D eigenvalue weighted by Crippen LogP contribution is 2.52. The summed E-state index contributed by atoms with van der Waals surface area (Å²) < 4.78 is 2.52. The summed E-state index contributed by atoms with van der Waals surface area (Å²) in [5.74, 6) is 0. The highest BCUT2D eigenvalue weighted by molar-refractivity contribution is 7.01. The minimum absolute atomic E-state index is 0.129. The first-order valence-corrected chi connectivity index (χ1v) is 27.2. The SMILES string of the molecule is c1ccc(-c2ccc(N3c4cc(-n5c6ccccc6c6ccccc65)cc5c4B(c4cc6ccc7cccc8ccc(c43)c6c78)c3cc4ccc6cccc7ccc(c3N5c3ccc(-c5ccccc5)cc3)c4c67)cc2)cc1. The number of hydrogen-bond acceptors (Lipinski definition) is 2. The largest absolute Gasteiger partial charge is 0.311 e. The van der Waals surface area contributed by atoms with Gasteiger partial charge in [-0.3, -0.25) is 0 Å². The van der Waals surface area contributed by atoms with Gasteiger partial charge in [0.1, 0.15) is 0 Å². The monoisotopic (exact) mass is 985 g/mol. The molecule has 15 aromatic carbocycles. The number of benzene rings is 15. The quantitative estimate of drug-likeness (QED) is 0.126. The standard InChI is InChI=1S/C74H44BN3/c1-3-13-45(14-4-1)47-29-35-55(36-30-47)77-66-43-57(76-64-23-9-7-21-58(64)59-22-8-10-24-65(59)76)44-67-72(66)75(62-41-53-27-25-49-17-11-19-51-33-39-60(73(62)77)70(53)68(49)51)63-42-54-28-26-50-18-12-20-52-34-40-61(71(54)69(50)52)74(63)78(67)56-37-31-48(32-38-56)46-15-5-2-6-16-46/h1-44H. The number of hydrogen-bond donors (Lipinski definition) is 0. The molecule has 4 heteroatoms. The minimum Gasteiger partial charge on any atom is -0.311 e. The molecule has 16 aromatic rings. The zero-order valence-corrected chi connectivity index (χ0v) is 42.3. The third kappa shape index (κ3) is 5.73. The predicted octanol–water partition coefficient (Wildman–Crippen LogP) is 18.0. The van der Waals surface area contributed by atoms with Crippen LogP contribution in [0, 0.1) is 0 Å². The lowest BCUT2D eigenvalue weighted by atomic mass is 9.33. The average Bonchev–Trinajstić information content (AvgIpc) is 2.92. The number of aromatic nitrogens is 1. The van der Waals surface area contributed by atoms with E-state index in [1.54, 1.807) is 0 Å². The molecule has 0 aliphatic carbocycles. The molecule has 2 aliphatic heterocycles. The number of nitrogens with zero attached hydrogens (tertiary/aromatic N) is 3. The second-order valence-corrected chi connectivity index (χ2v) is 21.5. The zero-order chi connectivity index (χ0) is 50.7. The summed E-state index contributed by atoms with van der Waals surface area (Å²) in [6.07, 6.45) is 0. The second-order valence-electron chi connectivity index (χ2n) is 21.5. The molecule has 78 heavy (non-hydrogen) atoms. The first kappa shape index (κ1) is 42.1. The summed E-state index contributed by atoms with van der Waals surface area (Å²) in [6, 6.07) is 101. The van der Waals surface area contributed by atoms with Crippen LogP contribution in [0.4, 0.5) is 34.1 Å². The van der Waals surface area contributed by atoms with Crippen LogP contribution < -0.4 is 26.2 Å². The van der Waals surface area contributed by atoms with Crippen molar-refractivity contribution < 1.29 is 0 Å². The average molecular weight is 986 g/mol. The van der Waals surface area contributed by atoms with Gasteiger partial charge in [0.15, 0.2) is 0 Å². The van der Waals surface area contributed by atoms with Crippen molar-refractivity contribution in [3.05, 3.63) is 267 Å². The zero-order valence-electron chi connectivity index (χ0n) is 42.3. The van der Waals surface area contributed by atoms with Gasteiger partial charge < -0.3 is 14.4 Å². The molecule has 1 aromatic heterocycles. The third-order valence-corrected chi connectivity index (χ3v) is 17.6. The van der Waals surface area contributed by atoms with Gasteiger partial charge in [0.05, 0.1) is 16.7 Å². The molecule has 3 heterocycles. The molecule has 0 fully saturated rings. The molecule has 0 radical (unpaired) electrons. The molecule has 3 nitrogen and oxygen atoms in total. The number of fused-ring (bicyclic) bond motifs is 9. The first-order valence-electron chi connectivity index (χ1n) is 27.2. The van der Waals surface area contributed by atoms with E-state index in [1.165, 1.54) is 148 Å². The Hall–Kier alpha value is -10.2. The van der Waals surface area contributed by atoms with Crippen molar-refractivity contribution in [1.29, 1.82) is 0 Å². The lowest BCUT2D eigenvalue weighted by Crippen LogP contribution is -2.61. The van der Waals surface area contributed by atoms with Crippen molar-refractivity contribution in [2.24, 2.45) is 0 Å². The molecular weight excluding hydrogens is 942 g/mol. The van der Waals surface area contributed by atoms with E-state index in [2.05, 4.69) is 281 Å². The number of anilines is 6. The molecule has 2 aliphatic rings. The maximum absolute atomic E-state index is 2.63. The van der Waals surface area contributed by atoms with Crippen LogP contribution in [0.3, 0.4) is 0 Å². The van der Waals surface area contributed by atoms with Gasteiger partial charge in [-0.25, -0.2) is 0 Å². The molecule has 0 N–H and O–H groups in total. The third-order valence-electron chi connectivity index (χ3n) is 17.6. The Morgan fingerprint density at radius 3 is 1.09 bits per heavy atom. The lowest BCUT2D eigenvalue weighted by molar-refractivity contribution is 1.16. The topological polar surface area (TPSA) is 11.4 Å². The van der Waals surface area contributed by atoms with Crippen LogP contribution in [-0.4, -0.2) is 11.3 Å². The normalized spacial score (nSPS) is 13.1. The molecule has 0 spiro atoms. The predicted molar refractivity (Wildman–Crippen MR) is 333 cm³/mol. The van der Waals surface area contributed by atoms with E-state index < -0.39 is 0 Å². The van der Waals surface area contributed by atoms with Crippen LogP contribution in [0.25, 0.3) is 114 Å². The summed E-state index contributed by atoms with van der Waals surface area (Å²) in [7, 11) is 0. The van der Waals surface area contributed by atoms with E-state index >= 15 is 0 Å². The molecular formula is C74H44BN3. The Bertz CT molecular complexity index is 4790. The van der Waals surface area contributed by atoms with Crippen molar-refractivity contribution in [1.82, 2.24) is 4.57 Å². The maximum Gasteiger partial charge on any atom is 0.252 e. The van der Waals surface area contributed by atoms with E-state index in [-0.39, 0.29) is 6.71 Å². The van der Waals surface area contributed by atoms with Crippen LogP contribution in [0.1, 0.15) is 0 Å². The van der Waals surface area contributed by atoms with E-state index in [9.17, 15) is 0 Å². The fourth-order valence-electron chi connectivity index (χ4n) is 14.3. The Morgan fingerprint density at radius 2 is 0.641 bits per heavy atom. The Morgan fingerprint density at radius 1 is 0.256 bits per heavy atom. The van der Waals surface area contributed by atoms with Gasteiger partial charge in [-0.15, -0.1) is 0 Å². The van der Waals surface area contributed by atoms with Crippen molar-refractivity contribution in [2.75, 3.05) is 9.80 Å². The van der Waals surface area contributed by atoms with Crippen LogP contribution >= 0.6 is 0 Å². The summed E-state index contributed by atoms with van der Waals surface area (Å²) in [6.45, 7) is -0.129. The van der Waals surface area contributed by atoms with Crippen molar-refractivity contribution in [3.63, 3.8) is 0 Å². The second kappa shape index (κ2) is 15.7. The van der Waals surface area contributed by atoms with Crippen LogP contribution in [0.15, 0.2) is 267 Å². The molecule has 0 bridgehead atoms. The van der Waals surface area contributed by atoms with Gasteiger partial charge in [0, 0.05) is 55.7 Å². The van der Waals surface area contributed by atoms with Gasteiger partial charge in [-0.1, -0.05) is 218 Å². The number of rotatable bonds is 5. The molecule has 0 saturated heterocycles. The van der Waals surface area contributed by atoms with Gasteiger partial charge in [-0.2, -0.15) is 0 Å². The van der Waals surface area contributed by atoms with Gasteiger partial charge >= 0.3 is 0 Å². The minimum atomic E-state index is -0.129. The fourth-order valence-corrected chi connectivity index (χ4v) is 14.3. The van der Waals surface area contributed by atoms with E-state index in [4.69, 9.17) is 0 Å². The Labute approximate surface area is 450 Å². The smallest absolute Gasteiger partial charge is 0.252 e. The molecule has 0 unspecified atom stereocenters. The maximum atomic E-state index is 2.63. The fraction of sp³-hybridized carbons (Fsp3) is 0. The number of para-hydroxylation sites is 2. The highest BCUT2D eigenvalue weighted by atomic mass is 15.2. The Kier molecular flexibility index (Phi) is 8.48. The van der Waals surface area contributed by atoms with Crippen LogP contribution in [0.5, 0.6) is 0 Å². The van der Waals surface area contributed by atoms with Crippen LogP contribution in [0.2, 0.25) is 0 Å². The van der Waals surface area contributed by atoms with Crippen LogP contribution in [-0.2, 0) is 0 Å². The molecule has 0 atom stereocenters. The molecule has 358 valence electrons. The molecule has 0 amide bonds. The highest BCUT2D eigenvalue weighted by Gasteiger charge is 2.46. The van der Waals surface area contributed by atoms with Gasteiger partial charge in [0.25, 0.3) is 6.71 Å². The van der Waals surface area contributed by atoms with E-state index in [0.29, 0.717) is 0 Å². The van der Waals surface area contributed by atoms with Crippen molar-refractivity contribution in [3.8, 4) is 27.9 Å². The van der Waals surface area contributed by atoms with Gasteiger partial charge in [-0.05, 0) is 141 Å². The van der Waals surface area contributed by atoms with Gasteiger partial charge in [0.2, 0.25) is 0 Å². The van der Waals surface area contributed by atoms with Crippen molar-refractivity contribution >= 4 is 144 Å². The Balaban J connectivity index is 1.02. The van der Waals surface area contributed by atoms with E-state index in [1.807, 2.05) is 0 Å². The lowest BCUT2D eigenvalue weighted by Gasteiger charge is -2.45. The van der Waals surface area contributed by atoms with Crippen molar-refractivity contribution in [2.45, 2.75) is 0 Å².